The van der Waals surface area contributed by atoms with Gasteiger partial charge in [-0.2, -0.15) is 0 Å². The van der Waals surface area contributed by atoms with Crippen LogP contribution in [0.15, 0.2) is 12.8 Å². The third-order valence-electron chi connectivity index (χ3n) is 2.98. The molecular weight excluding hydrogens is 184 g/mol. The summed E-state index contributed by atoms with van der Waals surface area (Å²) in [5.74, 6) is 1.68. The third kappa shape index (κ3) is 2.83. The van der Waals surface area contributed by atoms with Crippen LogP contribution in [0.2, 0.25) is 0 Å². The fourth-order valence-electron chi connectivity index (χ4n) is 1.72. The van der Waals surface area contributed by atoms with Gasteiger partial charge in [-0.15, -0.1) is 0 Å². The summed E-state index contributed by atoms with van der Waals surface area (Å²) in [5, 5.41) is 0. The summed E-state index contributed by atoms with van der Waals surface area (Å²) in [6, 6.07) is 0. The zero-order valence-corrected chi connectivity index (χ0v) is 9.07. The van der Waals surface area contributed by atoms with Crippen LogP contribution in [0.3, 0.4) is 0 Å². The van der Waals surface area contributed by atoms with Crippen LogP contribution in [0.25, 0.3) is 0 Å². The Bertz CT molecular complexity index is 186. The minimum atomic E-state index is -0.575. The van der Waals surface area contributed by atoms with Crippen molar-refractivity contribution < 1.29 is 8.95 Å². The third-order valence-corrected chi connectivity index (χ3v) is 4.30. The number of hydrogen-bond acceptors (Lipinski definition) is 2. The predicted octanol–water partition coefficient (Wildman–Crippen LogP) is 2.09. The van der Waals surface area contributed by atoms with E-state index in [9.17, 15) is 4.21 Å². The molecule has 0 radical (unpaired) electrons. The normalized spacial score (nSPS) is 34.1. The van der Waals surface area contributed by atoms with Crippen LogP contribution in [0.5, 0.6) is 0 Å². The molecule has 13 heavy (non-hydrogen) atoms. The van der Waals surface area contributed by atoms with Crippen molar-refractivity contribution in [2.75, 3.05) is 18.1 Å². The molecular formula is C10H18O2S. The molecule has 1 heterocycles. The molecule has 1 aliphatic heterocycles. The average molecular weight is 202 g/mol. The lowest BCUT2D eigenvalue weighted by Crippen LogP contribution is -2.34. The molecule has 0 spiro atoms. The molecule has 0 N–H and O–H groups in total. The lowest BCUT2D eigenvalue weighted by Gasteiger charge is -2.35. The van der Waals surface area contributed by atoms with Gasteiger partial charge in [0, 0.05) is 27.7 Å². The molecule has 0 amide bonds. The highest BCUT2D eigenvalue weighted by atomic mass is 32.2. The highest BCUT2D eigenvalue weighted by molar-refractivity contribution is 7.85. The Labute approximate surface area is 82.8 Å². The van der Waals surface area contributed by atoms with Crippen molar-refractivity contribution in [3.63, 3.8) is 0 Å². The van der Waals surface area contributed by atoms with Crippen molar-refractivity contribution in [3.8, 4) is 0 Å². The van der Waals surface area contributed by atoms with Crippen molar-refractivity contribution in [2.24, 2.45) is 5.41 Å². The van der Waals surface area contributed by atoms with Crippen molar-refractivity contribution in [3.05, 3.63) is 12.8 Å². The Morgan fingerprint density at radius 1 is 1.54 bits per heavy atom. The van der Waals surface area contributed by atoms with Gasteiger partial charge in [0.05, 0.1) is 12.9 Å². The molecule has 3 heteroatoms. The average Bonchev–Trinajstić information content (AvgIpc) is 2.18. The quantitative estimate of drug-likeness (QED) is 0.652. The predicted molar refractivity (Wildman–Crippen MR) is 56.0 cm³/mol. The van der Waals surface area contributed by atoms with Crippen LogP contribution < -0.4 is 0 Å². The van der Waals surface area contributed by atoms with Gasteiger partial charge in [-0.1, -0.05) is 13.5 Å². The first-order valence-electron chi connectivity index (χ1n) is 4.80. The summed E-state index contributed by atoms with van der Waals surface area (Å²) in [5.41, 5.74) is 0.266. The van der Waals surface area contributed by atoms with E-state index in [1.54, 1.807) is 0 Å². The molecule has 0 saturated carbocycles. The molecule has 0 aliphatic carbocycles. The summed E-state index contributed by atoms with van der Waals surface area (Å²) in [4.78, 5) is 0. The van der Waals surface area contributed by atoms with Gasteiger partial charge < -0.3 is 4.74 Å². The molecule has 0 aromatic heterocycles. The fraction of sp³-hybridized carbons (Fsp3) is 0.800. The van der Waals surface area contributed by atoms with Gasteiger partial charge in [-0.25, -0.2) is 0 Å². The molecule has 1 rings (SSSR count). The Hall–Kier alpha value is -0.310. The van der Waals surface area contributed by atoms with E-state index < -0.39 is 10.8 Å². The van der Waals surface area contributed by atoms with Crippen molar-refractivity contribution >= 4 is 10.8 Å². The highest BCUT2D eigenvalue weighted by Gasteiger charge is 2.33. The van der Waals surface area contributed by atoms with Crippen LogP contribution in [-0.4, -0.2) is 22.3 Å². The fourth-order valence-corrected chi connectivity index (χ4v) is 3.25. The molecule has 0 atom stereocenters. The summed E-state index contributed by atoms with van der Waals surface area (Å²) >= 11 is 0. The van der Waals surface area contributed by atoms with E-state index in [2.05, 4.69) is 13.5 Å². The summed E-state index contributed by atoms with van der Waals surface area (Å²) < 4.78 is 16.5. The molecule has 0 unspecified atom stereocenters. The molecule has 1 fully saturated rings. The van der Waals surface area contributed by atoms with E-state index in [1.165, 1.54) is 6.26 Å². The lowest BCUT2D eigenvalue weighted by molar-refractivity contribution is 0.0941. The minimum absolute atomic E-state index is 0.266. The highest BCUT2D eigenvalue weighted by Crippen LogP contribution is 2.35. The molecule has 76 valence electrons. The van der Waals surface area contributed by atoms with Gasteiger partial charge >= 0.3 is 0 Å². The van der Waals surface area contributed by atoms with Crippen molar-refractivity contribution in [2.45, 2.75) is 26.2 Å². The van der Waals surface area contributed by atoms with Crippen molar-refractivity contribution in [1.29, 1.82) is 0 Å². The zero-order valence-electron chi connectivity index (χ0n) is 8.25. The molecule has 1 saturated heterocycles. The molecule has 0 aromatic rings. The van der Waals surface area contributed by atoms with E-state index in [0.29, 0.717) is 0 Å². The van der Waals surface area contributed by atoms with Gasteiger partial charge in [0.2, 0.25) is 0 Å². The van der Waals surface area contributed by atoms with Gasteiger partial charge in [0.1, 0.15) is 0 Å². The zero-order chi connectivity index (χ0) is 9.73. The summed E-state index contributed by atoms with van der Waals surface area (Å²) in [7, 11) is -0.575. The Balaban J connectivity index is 2.49. The smallest absolute Gasteiger partial charge is 0.0929 e. The topological polar surface area (TPSA) is 26.3 Å². The standard InChI is InChI=1S/C10H18O2S/c1-3-10(9-12-4-2)5-7-13(11)8-6-10/h4H,2-3,5-9H2,1H3. The van der Waals surface area contributed by atoms with Crippen molar-refractivity contribution in [1.82, 2.24) is 0 Å². The second-order valence-corrected chi connectivity index (χ2v) is 5.38. The van der Waals surface area contributed by atoms with Crippen LogP contribution >= 0.6 is 0 Å². The second kappa shape index (κ2) is 4.80. The number of hydrogen-bond donors (Lipinski definition) is 0. The van der Waals surface area contributed by atoms with Gasteiger partial charge in [0.25, 0.3) is 0 Å². The lowest BCUT2D eigenvalue weighted by atomic mass is 9.80. The van der Waals surface area contributed by atoms with Gasteiger partial charge in [-0.3, -0.25) is 4.21 Å². The maximum atomic E-state index is 11.2. The van der Waals surface area contributed by atoms with Gasteiger partial charge in [-0.05, 0) is 19.3 Å². The van der Waals surface area contributed by atoms with E-state index in [-0.39, 0.29) is 5.41 Å². The number of ether oxygens (including phenoxy) is 1. The first-order valence-corrected chi connectivity index (χ1v) is 6.29. The first kappa shape index (κ1) is 10.8. The largest absolute Gasteiger partial charge is 0.501 e. The Kier molecular flexibility index (Phi) is 3.97. The summed E-state index contributed by atoms with van der Waals surface area (Å²) in [6.07, 6.45) is 4.68. The Morgan fingerprint density at radius 2 is 2.15 bits per heavy atom. The van der Waals surface area contributed by atoms with E-state index >= 15 is 0 Å². The second-order valence-electron chi connectivity index (χ2n) is 3.68. The van der Waals surface area contributed by atoms with Crippen LogP contribution in [0.4, 0.5) is 0 Å². The van der Waals surface area contributed by atoms with E-state index in [1.807, 2.05) is 0 Å². The van der Waals surface area contributed by atoms with Crippen LogP contribution in [0, 0.1) is 5.41 Å². The minimum Gasteiger partial charge on any atom is -0.501 e. The molecule has 2 nitrogen and oxygen atoms in total. The van der Waals surface area contributed by atoms with E-state index in [4.69, 9.17) is 4.74 Å². The van der Waals surface area contributed by atoms with Crippen LogP contribution in [-0.2, 0) is 15.5 Å². The SMILES string of the molecule is C=COCC1(CC)CCS(=O)CC1. The Morgan fingerprint density at radius 3 is 2.62 bits per heavy atom. The molecule has 0 aromatic carbocycles. The van der Waals surface area contributed by atoms with E-state index in [0.717, 1.165) is 37.4 Å². The summed E-state index contributed by atoms with van der Waals surface area (Å²) in [6.45, 7) is 6.46. The molecule has 1 aliphatic rings. The monoisotopic (exact) mass is 202 g/mol. The van der Waals surface area contributed by atoms with Gasteiger partial charge in [0.15, 0.2) is 0 Å². The van der Waals surface area contributed by atoms with Crippen LogP contribution in [0.1, 0.15) is 26.2 Å². The molecule has 0 bridgehead atoms. The first-order chi connectivity index (χ1) is 6.22. The number of rotatable bonds is 4. The maximum Gasteiger partial charge on any atom is 0.0929 e. The maximum absolute atomic E-state index is 11.2.